The molecule has 1 aromatic carbocycles. The van der Waals surface area contributed by atoms with Crippen molar-refractivity contribution in [2.45, 2.75) is 13.1 Å². The van der Waals surface area contributed by atoms with Gasteiger partial charge in [0.05, 0.1) is 7.11 Å². The first kappa shape index (κ1) is 10.4. The third kappa shape index (κ3) is 1.83. The second-order valence-electron chi connectivity index (χ2n) is 4.27. The average molecular weight is 228 g/mol. The fourth-order valence-electron chi connectivity index (χ4n) is 2.35. The summed E-state index contributed by atoms with van der Waals surface area (Å²) in [7, 11) is 1.69. The topological polar surface area (TPSA) is 26.2 Å². The van der Waals surface area contributed by atoms with E-state index in [0.717, 1.165) is 25.4 Å². The number of nitrogens with one attached hydrogen (secondary N) is 1. The molecule has 0 amide bonds. The lowest BCUT2D eigenvalue weighted by Crippen LogP contribution is -2.27. The zero-order valence-electron chi connectivity index (χ0n) is 9.94. The van der Waals surface area contributed by atoms with Crippen LogP contribution < -0.4 is 10.1 Å². The van der Waals surface area contributed by atoms with E-state index in [1.165, 1.54) is 17.0 Å². The van der Waals surface area contributed by atoms with Crippen LogP contribution in [0.5, 0.6) is 5.75 Å². The van der Waals surface area contributed by atoms with Crippen LogP contribution in [0.4, 0.5) is 0 Å². The van der Waals surface area contributed by atoms with Crippen molar-refractivity contribution in [1.82, 2.24) is 9.88 Å². The Kier molecular flexibility index (Phi) is 2.61. The maximum Gasteiger partial charge on any atom is 0.118 e. The monoisotopic (exact) mass is 228 g/mol. The summed E-state index contributed by atoms with van der Waals surface area (Å²) in [6, 6.07) is 12.6. The van der Waals surface area contributed by atoms with Crippen LogP contribution >= 0.6 is 0 Å². The molecule has 0 atom stereocenters. The van der Waals surface area contributed by atoms with E-state index >= 15 is 0 Å². The number of methoxy groups -OCH3 is 1. The SMILES string of the molecule is COc1ccc(-c2ccc3n2CCNC3)cc1. The number of benzene rings is 1. The number of rotatable bonds is 2. The maximum absolute atomic E-state index is 5.18. The van der Waals surface area contributed by atoms with Gasteiger partial charge in [-0.1, -0.05) is 0 Å². The van der Waals surface area contributed by atoms with Crippen molar-refractivity contribution in [1.29, 1.82) is 0 Å². The molecule has 2 aromatic rings. The van der Waals surface area contributed by atoms with Crippen LogP contribution in [0.3, 0.4) is 0 Å². The highest BCUT2D eigenvalue weighted by atomic mass is 16.5. The van der Waals surface area contributed by atoms with Gasteiger partial charge in [0, 0.05) is 31.0 Å². The normalized spacial score (nSPS) is 14.4. The Morgan fingerprint density at radius 3 is 2.71 bits per heavy atom. The third-order valence-electron chi connectivity index (χ3n) is 3.28. The Bertz CT molecular complexity index is 514. The van der Waals surface area contributed by atoms with Crippen LogP contribution in [-0.4, -0.2) is 18.2 Å². The van der Waals surface area contributed by atoms with Gasteiger partial charge in [0.2, 0.25) is 0 Å². The fourth-order valence-corrected chi connectivity index (χ4v) is 2.35. The zero-order valence-corrected chi connectivity index (χ0v) is 9.94. The van der Waals surface area contributed by atoms with Crippen LogP contribution in [0.15, 0.2) is 36.4 Å². The van der Waals surface area contributed by atoms with Gasteiger partial charge in [-0.05, 0) is 42.0 Å². The van der Waals surface area contributed by atoms with Gasteiger partial charge >= 0.3 is 0 Å². The summed E-state index contributed by atoms with van der Waals surface area (Å²) in [6.45, 7) is 3.06. The molecule has 3 rings (SSSR count). The highest BCUT2D eigenvalue weighted by Crippen LogP contribution is 2.25. The molecular weight excluding hydrogens is 212 g/mol. The van der Waals surface area contributed by atoms with Gasteiger partial charge in [-0.3, -0.25) is 0 Å². The molecule has 88 valence electrons. The van der Waals surface area contributed by atoms with E-state index in [-0.39, 0.29) is 0 Å². The standard InChI is InChI=1S/C14H16N2O/c1-17-13-5-2-11(3-6-13)14-7-4-12-10-15-8-9-16(12)14/h2-7,15H,8-10H2,1H3. The molecule has 3 nitrogen and oxygen atoms in total. The van der Waals surface area contributed by atoms with E-state index in [0.29, 0.717) is 0 Å². The van der Waals surface area contributed by atoms with Crippen molar-refractivity contribution in [2.75, 3.05) is 13.7 Å². The lowest BCUT2D eigenvalue weighted by Gasteiger charge is -2.19. The number of ether oxygens (including phenoxy) is 1. The van der Waals surface area contributed by atoms with Crippen molar-refractivity contribution in [3.8, 4) is 17.0 Å². The molecule has 0 bridgehead atoms. The van der Waals surface area contributed by atoms with E-state index in [9.17, 15) is 0 Å². The Hall–Kier alpha value is -1.74. The van der Waals surface area contributed by atoms with Crippen LogP contribution in [0.25, 0.3) is 11.3 Å². The number of fused-ring (bicyclic) bond motifs is 1. The van der Waals surface area contributed by atoms with Crippen LogP contribution in [0, 0.1) is 0 Å². The quantitative estimate of drug-likeness (QED) is 0.853. The second kappa shape index (κ2) is 4.26. The van der Waals surface area contributed by atoms with Gasteiger partial charge in [0.15, 0.2) is 0 Å². The first-order chi connectivity index (χ1) is 8.38. The van der Waals surface area contributed by atoms with Crippen LogP contribution in [0.1, 0.15) is 5.69 Å². The number of hydrogen-bond donors (Lipinski definition) is 1. The molecule has 3 heteroatoms. The summed E-state index contributed by atoms with van der Waals surface area (Å²) in [5.41, 5.74) is 3.91. The smallest absolute Gasteiger partial charge is 0.118 e. The van der Waals surface area contributed by atoms with E-state index in [2.05, 4.69) is 34.1 Å². The minimum atomic E-state index is 0.904. The van der Waals surface area contributed by atoms with Crippen LogP contribution in [0.2, 0.25) is 0 Å². The van der Waals surface area contributed by atoms with Crippen molar-refractivity contribution in [3.63, 3.8) is 0 Å². The summed E-state index contributed by atoms with van der Waals surface area (Å²) in [5.74, 6) is 0.904. The predicted octanol–water partition coefficient (Wildman–Crippen LogP) is 2.27. The minimum absolute atomic E-state index is 0.904. The predicted molar refractivity (Wildman–Crippen MR) is 68.1 cm³/mol. The molecular formula is C14H16N2O. The molecule has 0 saturated heterocycles. The lowest BCUT2D eigenvalue weighted by atomic mass is 10.1. The molecule has 0 aliphatic carbocycles. The first-order valence-corrected chi connectivity index (χ1v) is 5.92. The lowest BCUT2D eigenvalue weighted by molar-refractivity contribution is 0.415. The van der Waals surface area contributed by atoms with Gasteiger partial charge in [0.25, 0.3) is 0 Å². The Morgan fingerprint density at radius 1 is 1.12 bits per heavy atom. The van der Waals surface area contributed by atoms with Gasteiger partial charge in [-0.15, -0.1) is 0 Å². The molecule has 2 heterocycles. The summed E-state index contributed by atoms with van der Waals surface area (Å²) in [5, 5.41) is 3.38. The summed E-state index contributed by atoms with van der Waals surface area (Å²) in [4.78, 5) is 0. The Balaban J connectivity index is 2.00. The highest BCUT2D eigenvalue weighted by molar-refractivity contribution is 5.62. The van der Waals surface area contributed by atoms with Crippen molar-refractivity contribution in [3.05, 3.63) is 42.1 Å². The van der Waals surface area contributed by atoms with E-state index in [1.54, 1.807) is 7.11 Å². The molecule has 0 fully saturated rings. The fraction of sp³-hybridized carbons (Fsp3) is 0.286. The van der Waals surface area contributed by atoms with E-state index in [1.807, 2.05) is 12.1 Å². The molecule has 1 aliphatic rings. The molecule has 0 spiro atoms. The summed E-state index contributed by atoms with van der Waals surface area (Å²) >= 11 is 0. The Labute approximate surface area is 101 Å². The second-order valence-corrected chi connectivity index (χ2v) is 4.27. The van der Waals surface area contributed by atoms with Gasteiger partial charge in [-0.25, -0.2) is 0 Å². The number of nitrogens with zero attached hydrogens (tertiary/aromatic N) is 1. The zero-order chi connectivity index (χ0) is 11.7. The highest BCUT2D eigenvalue weighted by Gasteiger charge is 2.12. The molecule has 0 unspecified atom stereocenters. The third-order valence-corrected chi connectivity index (χ3v) is 3.28. The largest absolute Gasteiger partial charge is 0.497 e. The van der Waals surface area contributed by atoms with E-state index in [4.69, 9.17) is 4.74 Å². The van der Waals surface area contributed by atoms with Crippen LogP contribution in [-0.2, 0) is 13.1 Å². The van der Waals surface area contributed by atoms with Gasteiger partial charge < -0.3 is 14.6 Å². The number of aromatic nitrogens is 1. The summed E-state index contributed by atoms with van der Waals surface area (Å²) in [6.07, 6.45) is 0. The van der Waals surface area contributed by atoms with Gasteiger partial charge in [0.1, 0.15) is 5.75 Å². The first-order valence-electron chi connectivity index (χ1n) is 5.92. The maximum atomic E-state index is 5.18. The van der Waals surface area contributed by atoms with E-state index < -0.39 is 0 Å². The molecule has 17 heavy (non-hydrogen) atoms. The van der Waals surface area contributed by atoms with Crippen molar-refractivity contribution in [2.24, 2.45) is 0 Å². The minimum Gasteiger partial charge on any atom is -0.497 e. The van der Waals surface area contributed by atoms with Gasteiger partial charge in [-0.2, -0.15) is 0 Å². The molecule has 0 radical (unpaired) electrons. The van der Waals surface area contributed by atoms with Crippen molar-refractivity contribution >= 4 is 0 Å². The van der Waals surface area contributed by atoms with Crippen molar-refractivity contribution < 1.29 is 4.74 Å². The average Bonchev–Trinajstić information content (AvgIpc) is 2.83. The Morgan fingerprint density at radius 2 is 1.94 bits per heavy atom. The number of hydrogen-bond acceptors (Lipinski definition) is 2. The summed E-state index contributed by atoms with van der Waals surface area (Å²) < 4.78 is 7.57. The molecule has 1 aromatic heterocycles. The molecule has 0 saturated carbocycles. The molecule has 1 aliphatic heterocycles. The molecule has 1 N–H and O–H groups in total.